The lowest BCUT2D eigenvalue weighted by Crippen LogP contribution is -2.41. The third kappa shape index (κ3) is 3.22. The molecule has 0 spiro atoms. The Kier molecular flexibility index (Phi) is 4.59. The van der Waals surface area contributed by atoms with E-state index in [1.54, 1.807) is 7.11 Å². The lowest BCUT2D eigenvalue weighted by Gasteiger charge is -2.20. The molecule has 0 aromatic heterocycles. The summed E-state index contributed by atoms with van der Waals surface area (Å²) in [6.45, 7) is 0.708. The van der Waals surface area contributed by atoms with E-state index in [9.17, 15) is 4.79 Å². The number of anilines is 1. The molecule has 1 saturated carbocycles. The van der Waals surface area contributed by atoms with Gasteiger partial charge in [0.1, 0.15) is 0 Å². The average molecular weight is 298 g/mol. The molecule has 2 N–H and O–H groups in total. The number of carbonyl (C=O) groups is 1. The van der Waals surface area contributed by atoms with E-state index in [2.05, 4.69) is 10.6 Å². The van der Waals surface area contributed by atoms with Crippen molar-refractivity contribution in [2.75, 3.05) is 19.0 Å². The van der Waals surface area contributed by atoms with Crippen molar-refractivity contribution >= 4 is 22.5 Å². The number of benzene rings is 2. The molecule has 2 aromatic carbocycles. The lowest BCUT2D eigenvalue weighted by atomic mass is 10.1. The molecular formula is C18H22N2O2. The van der Waals surface area contributed by atoms with Crippen LogP contribution in [-0.4, -0.2) is 25.8 Å². The highest BCUT2D eigenvalue weighted by atomic mass is 16.5. The Morgan fingerprint density at radius 3 is 2.86 bits per heavy atom. The van der Waals surface area contributed by atoms with Gasteiger partial charge in [0, 0.05) is 24.5 Å². The first kappa shape index (κ1) is 14.9. The van der Waals surface area contributed by atoms with Crippen LogP contribution in [0.1, 0.15) is 19.3 Å². The SMILES string of the molecule is COCC1CCCC1NC(=O)Nc1cccc2ccccc12. The molecule has 116 valence electrons. The number of urea groups is 1. The topological polar surface area (TPSA) is 50.4 Å². The molecule has 0 radical (unpaired) electrons. The Bertz CT molecular complexity index is 651. The highest BCUT2D eigenvalue weighted by molar-refractivity contribution is 6.01. The van der Waals surface area contributed by atoms with Gasteiger partial charge in [0.2, 0.25) is 0 Å². The summed E-state index contributed by atoms with van der Waals surface area (Å²) >= 11 is 0. The van der Waals surface area contributed by atoms with Gasteiger partial charge in [-0.15, -0.1) is 0 Å². The molecule has 2 aromatic rings. The number of rotatable bonds is 4. The van der Waals surface area contributed by atoms with E-state index in [4.69, 9.17) is 4.74 Å². The third-order valence-electron chi connectivity index (χ3n) is 4.39. The third-order valence-corrected chi connectivity index (χ3v) is 4.39. The summed E-state index contributed by atoms with van der Waals surface area (Å²) in [6, 6.07) is 14.1. The predicted molar refractivity (Wildman–Crippen MR) is 89.1 cm³/mol. The van der Waals surface area contributed by atoms with E-state index in [-0.39, 0.29) is 12.1 Å². The highest BCUT2D eigenvalue weighted by Crippen LogP contribution is 2.26. The Balaban J connectivity index is 1.68. The molecule has 1 aliphatic carbocycles. The maximum atomic E-state index is 12.3. The number of carbonyl (C=O) groups excluding carboxylic acids is 1. The predicted octanol–water partition coefficient (Wildman–Crippen LogP) is 3.78. The largest absolute Gasteiger partial charge is 0.384 e. The van der Waals surface area contributed by atoms with Gasteiger partial charge in [-0.2, -0.15) is 0 Å². The van der Waals surface area contributed by atoms with Crippen LogP contribution in [-0.2, 0) is 4.74 Å². The summed E-state index contributed by atoms with van der Waals surface area (Å²) in [5.41, 5.74) is 0.844. The van der Waals surface area contributed by atoms with E-state index in [0.29, 0.717) is 12.5 Å². The van der Waals surface area contributed by atoms with Crippen LogP contribution < -0.4 is 10.6 Å². The number of hydrogen-bond acceptors (Lipinski definition) is 2. The number of hydrogen-bond donors (Lipinski definition) is 2. The van der Waals surface area contributed by atoms with Crippen LogP contribution in [0.25, 0.3) is 10.8 Å². The standard InChI is InChI=1S/C18H22N2O2/c1-22-12-14-8-5-10-16(14)19-18(21)20-17-11-4-7-13-6-2-3-9-15(13)17/h2-4,6-7,9,11,14,16H,5,8,10,12H2,1H3,(H2,19,20,21). The van der Waals surface area contributed by atoms with Gasteiger partial charge in [-0.1, -0.05) is 42.8 Å². The van der Waals surface area contributed by atoms with Crippen molar-refractivity contribution in [3.63, 3.8) is 0 Å². The van der Waals surface area contributed by atoms with Crippen LogP contribution in [0.15, 0.2) is 42.5 Å². The molecule has 2 amide bonds. The van der Waals surface area contributed by atoms with Gasteiger partial charge >= 0.3 is 6.03 Å². The van der Waals surface area contributed by atoms with Crippen molar-refractivity contribution in [2.24, 2.45) is 5.92 Å². The molecular weight excluding hydrogens is 276 g/mol. The van der Waals surface area contributed by atoms with Gasteiger partial charge in [0.25, 0.3) is 0 Å². The quantitative estimate of drug-likeness (QED) is 0.902. The van der Waals surface area contributed by atoms with Crippen LogP contribution in [0.5, 0.6) is 0 Å². The molecule has 0 saturated heterocycles. The Morgan fingerprint density at radius 1 is 1.18 bits per heavy atom. The number of methoxy groups -OCH3 is 1. The maximum absolute atomic E-state index is 12.3. The van der Waals surface area contributed by atoms with Crippen molar-refractivity contribution in [1.82, 2.24) is 5.32 Å². The second kappa shape index (κ2) is 6.79. The zero-order chi connectivity index (χ0) is 15.4. The fraction of sp³-hybridized carbons (Fsp3) is 0.389. The first-order valence-electron chi connectivity index (χ1n) is 7.82. The van der Waals surface area contributed by atoms with Crippen LogP contribution in [0.2, 0.25) is 0 Å². The molecule has 0 aliphatic heterocycles. The molecule has 1 aliphatic rings. The molecule has 4 nitrogen and oxygen atoms in total. The normalized spacial score (nSPS) is 21.0. The lowest BCUT2D eigenvalue weighted by molar-refractivity contribution is 0.142. The molecule has 2 atom stereocenters. The molecule has 4 heteroatoms. The van der Waals surface area contributed by atoms with Crippen LogP contribution in [0.3, 0.4) is 0 Å². The van der Waals surface area contributed by atoms with E-state index < -0.39 is 0 Å². The van der Waals surface area contributed by atoms with Gasteiger partial charge in [0.05, 0.1) is 12.3 Å². The summed E-state index contributed by atoms with van der Waals surface area (Å²) in [5, 5.41) is 8.26. The van der Waals surface area contributed by atoms with Gasteiger partial charge in [0.15, 0.2) is 0 Å². The second-order valence-electron chi connectivity index (χ2n) is 5.88. The number of nitrogens with one attached hydrogen (secondary N) is 2. The molecule has 1 fully saturated rings. The first-order valence-corrected chi connectivity index (χ1v) is 7.82. The van der Waals surface area contributed by atoms with Crippen LogP contribution >= 0.6 is 0 Å². The van der Waals surface area contributed by atoms with Gasteiger partial charge < -0.3 is 15.4 Å². The van der Waals surface area contributed by atoms with E-state index in [1.165, 1.54) is 0 Å². The summed E-state index contributed by atoms with van der Waals surface area (Å²) in [7, 11) is 1.71. The number of ether oxygens (including phenoxy) is 1. The summed E-state index contributed by atoms with van der Waals surface area (Å²) in [4.78, 5) is 12.3. The minimum atomic E-state index is -0.135. The number of amides is 2. The average Bonchev–Trinajstić information content (AvgIpc) is 2.95. The molecule has 22 heavy (non-hydrogen) atoms. The number of fused-ring (bicyclic) bond motifs is 1. The Morgan fingerprint density at radius 2 is 2.00 bits per heavy atom. The molecule has 0 bridgehead atoms. The van der Waals surface area contributed by atoms with E-state index >= 15 is 0 Å². The summed E-state index contributed by atoms with van der Waals surface area (Å²) in [5.74, 6) is 0.420. The molecule has 0 heterocycles. The smallest absolute Gasteiger partial charge is 0.319 e. The van der Waals surface area contributed by atoms with Gasteiger partial charge in [-0.25, -0.2) is 4.79 Å². The first-order chi connectivity index (χ1) is 10.8. The summed E-state index contributed by atoms with van der Waals surface area (Å²) < 4.78 is 5.24. The van der Waals surface area contributed by atoms with E-state index in [0.717, 1.165) is 35.7 Å². The Hall–Kier alpha value is -2.07. The highest BCUT2D eigenvalue weighted by Gasteiger charge is 2.28. The zero-order valence-electron chi connectivity index (χ0n) is 12.8. The van der Waals surface area contributed by atoms with Crippen LogP contribution in [0, 0.1) is 5.92 Å². The zero-order valence-corrected chi connectivity index (χ0v) is 12.8. The van der Waals surface area contributed by atoms with Crippen molar-refractivity contribution in [1.29, 1.82) is 0 Å². The fourth-order valence-corrected chi connectivity index (χ4v) is 3.30. The van der Waals surface area contributed by atoms with Gasteiger partial charge in [-0.05, 0) is 24.3 Å². The van der Waals surface area contributed by atoms with Crippen molar-refractivity contribution in [3.05, 3.63) is 42.5 Å². The van der Waals surface area contributed by atoms with Crippen molar-refractivity contribution in [2.45, 2.75) is 25.3 Å². The second-order valence-corrected chi connectivity index (χ2v) is 5.88. The monoisotopic (exact) mass is 298 g/mol. The van der Waals surface area contributed by atoms with Gasteiger partial charge in [-0.3, -0.25) is 0 Å². The molecule has 3 rings (SSSR count). The van der Waals surface area contributed by atoms with E-state index in [1.807, 2.05) is 42.5 Å². The maximum Gasteiger partial charge on any atom is 0.319 e. The van der Waals surface area contributed by atoms with Crippen LogP contribution in [0.4, 0.5) is 10.5 Å². The Labute approximate surface area is 130 Å². The fourth-order valence-electron chi connectivity index (χ4n) is 3.30. The van der Waals surface area contributed by atoms with Crippen molar-refractivity contribution in [3.8, 4) is 0 Å². The minimum absolute atomic E-state index is 0.135. The minimum Gasteiger partial charge on any atom is -0.384 e. The molecule has 2 unspecified atom stereocenters. The summed E-state index contributed by atoms with van der Waals surface area (Å²) in [6.07, 6.45) is 3.29. The van der Waals surface area contributed by atoms with Crippen molar-refractivity contribution < 1.29 is 9.53 Å².